The van der Waals surface area contributed by atoms with Gasteiger partial charge >= 0.3 is 0 Å². The van der Waals surface area contributed by atoms with Gasteiger partial charge in [-0.05, 0) is 38.1 Å². The summed E-state index contributed by atoms with van der Waals surface area (Å²) in [5, 5.41) is 8.88. The van der Waals surface area contributed by atoms with Gasteiger partial charge in [-0.3, -0.25) is 10.00 Å². The lowest BCUT2D eigenvalue weighted by Crippen LogP contribution is -2.19. The Morgan fingerprint density at radius 2 is 2.18 bits per heavy atom. The molecule has 3 heterocycles. The highest BCUT2D eigenvalue weighted by Crippen LogP contribution is 2.28. The monoisotopic (exact) mass is 398 g/mol. The van der Waals surface area contributed by atoms with Gasteiger partial charge in [0.2, 0.25) is 0 Å². The highest BCUT2D eigenvalue weighted by Gasteiger charge is 2.26. The first-order valence-corrected chi connectivity index (χ1v) is 10.5. The van der Waals surface area contributed by atoms with E-state index in [1.807, 2.05) is 30.5 Å². The molecule has 2 aromatic heterocycles. The number of rotatable bonds is 8. The molecule has 148 valence electrons. The van der Waals surface area contributed by atoms with E-state index in [0.717, 1.165) is 54.7 Å². The van der Waals surface area contributed by atoms with Gasteiger partial charge in [-0.2, -0.15) is 5.10 Å². The molecule has 1 fully saturated rings. The number of thiazole rings is 1. The van der Waals surface area contributed by atoms with Crippen molar-refractivity contribution < 1.29 is 9.47 Å². The number of ether oxygens (including phenoxy) is 2. The number of likely N-dealkylation sites (tertiary alicyclic amines) is 1. The molecule has 1 N–H and O–H groups in total. The van der Waals surface area contributed by atoms with Crippen molar-refractivity contribution in [1.29, 1.82) is 0 Å². The molecule has 7 heteroatoms. The first kappa shape index (κ1) is 19.0. The molecule has 0 aliphatic carbocycles. The number of nitrogens with zero attached hydrogens (tertiary/aromatic N) is 3. The Morgan fingerprint density at radius 3 is 3.00 bits per heavy atom. The maximum atomic E-state index is 5.83. The van der Waals surface area contributed by atoms with Gasteiger partial charge in [0, 0.05) is 48.3 Å². The first-order valence-electron chi connectivity index (χ1n) is 9.64. The normalized spacial score (nSPS) is 17.1. The average molecular weight is 399 g/mol. The van der Waals surface area contributed by atoms with E-state index in [9.17, 15) is 0 Å². The van der Waals surface area contributed by atoms with E-state index >= 15 is 0 Å². The van der Waals surface area contributed by atoms with Crippen LogP contribution in [-0.4, -0.2) is 46.9 Å². The molecule has 0 spiro atoms. The third kappa shape index (κ3) is 4.72. The fraction of sp³-hybridized carbons (Fsp3) is 0.429. The molecule has 0 unspecified atom stereocenters. The summed E-state index contributed by atoms with van der Waals surface area (Å²) >= 11 is 1.79. The van der Waals surface area contributed by atoms with Crippen LogP contribution in [0, 0.1) is 6.92 Å². The van der Waals surface area contributed by atoms with Gasteiger partial charge in [0.05, 0.1) is 24.4 Å². The van der Waals surface area contributed by atoms with Gasteiger partial charge in [-0.15, -0.1) is 11.3 Å². The number of H-pyrrole nitrogens is 1. The second-order valence-corrected chi connectivity index (χ2v) is 8.48. The zero-order chi connectivity index (χ0) is 19.3. The van der Waals surface area contributed by atoms with Crippen molar-refractivity contribution in [3.63, 3.8) is 0 Å². The Hall–Kier alpha value is -2.38. The molecule has 6 nitrogen and oxygen atoms in total. The minimum Gasteiger partial charge on any atom is -0.497 e. The predicted molar refractivity (Wildman–Crippen MR) is 110 cm³/mol. The van der Waals surface area contributed by atoms with Gasteiger partial charge in [0.15, 0.2) is 0 Å². The number of methoxy groups -OCH3 is 1. The largest absolute Gasteiger partial charge is 0.497 e. The number of benzene rings is 1. The van der Waals surface area contributed by atoms with Crippen molar-refractivity contribution in [2.75, 3.05) is 26.8 Å². The number of aryl methyl sites for hydroxylation is 1. The molecule has 0 amide bonds. The van der Waals surface area contributed by atoms with Crippen molar-refractivity contribution >= 4 is 11.3 Å². The molecule has 0 bridgehead atoms. The quantitative estimate of drug-likeness (QED) is 0.625. The van der Waals surface area contributed by atoms with Crippen molar-refractivity contribution in [3.8, 4) is 11.5 Å². The summed E-state index contributed by atoms with van der Waals surface area (Å²) < 4.78 is 11.1. The minimum absolute atomic E-state index is 0.498. The van der Waals surface area contributed by atoms with Gasteiger partial charge < -0.3 is 9.47 Å². The van der Waals surface area contributed by atoms with Crippen LogP contribution in [0.4, 0.5) is 0 Å². The van der Waals surface area contributed by atoms with Gasteiger partial charge in [0.1, 0.15) is 11.5 Å². The zero-order valence-corrected chi connectivity index (χ0v) is 17.2. The molecule has 1 aliphatic rings. The van der Waals surface area contributed by atoms with Crippen LogP contribution in [0.1, 0.15) is 33.6 Å². The Bertz CT molecular complexity index is 907. The smallest absolute Gasteiger partial charge is 0.123 e. The first-order chi connectivity index (χ1) is 13.7. The van der Waals surface area contributed by atoms with E-state index in [0.29, 0.717) is 12.5 Å². The van der Waals surface area contributed by atoms with E-state index in [-0.39, 0.29) is 0 Å². The summed E-state index contributed by atoms with van der Waals surface area (Å²) in [4.78, 5) is 8.20. The lowest BCUT2D eigenvalue weighted by atomic mass is 10.0. The SMILES string of the molecule is COc1cccc(OCCc2cc([C@@H]3CCN(Cc4cnc(C)s4)C3)n[nH]2)c1. The van der Waals surface area contributed by atoms with E-state index in [1.165, 1.54) is 10.6 Å². The zero-order valence-electron chi connectivity index (χ0n) is 16.4. The number of aromatic amines is 1. The maximum Gasteiger partial charge on any atom is 0.123 e. The summed E-state index contributed by atoms with van der Waals surface area (Å²) in [5.41, 5.74) is 2.29. The third-order valence-electron chi connectivity index (χ3n) is 5.07. The second kappa shape index (κ2) is 8.75. The Kier molecular flexibility index (Phi) is 5.92. The molecule has 1 aromatic carbocycles. The molecule has 28 heavy (non-hydrogen) atoms. The Morgan fingerprint density at radius 1 is 1.29 bits per heavy atom. The predicted octanol–water partition coefficient (Wildman–Crippen LogP) is 3.79. The summed E-state index contributed by atoms with van der Waals surface area (Å²) in [6.07, 6.45) is 3.96. The average Bonchev–Trinajstić information content (AvgIpc) is 3.44. The van der Waals surface area contributed by atoms with Crippen molar-refractivity contribution in [2.45, 2.75) is 32.2 Å². The Labute approximate surface area is 169 Å². The second-order valence-electron chi connectivity index (χ2n) is 7.16. The van der Waals surface area contributed by atoms with Crippen LogP contribution in [0.3, 0.4) is 0 Å². The third-order valence-corrected chi connectivity index (χ3v) is 5.97. The van der Waals surface area contributed by atoms with E-state index < -0.39 is 0 Å². The number of hydrogen-bond acceptors (Lipinski definition) is 6. The van der Waals surface area contributed by atoms with Gasteiger partial charge in [-0.1, -0.05) is 6.07 Å². The molecule has 4 rings (SSSR count). The summed E-state index contributed by atoms with van der Waals surface area (Å²) in [5.74, 6) is 2.13. The summed E-state index contributed by atoms with van der Waals surface area (Å²) in [6.45, 7) is 5.83. The van der Waals surface area contributed by atoms with E-state index in [4.69, 9.17) is 9.47 Å². The fourth-order valence-corrected chi connectivity index (χ4v) is 4.44. The maximum absolute atomic E-state index is 5.83. The topological polar surface area (TPSA) is 63.3 Å². The minimum atomic E-state index is 0.498. The van der Waals surface area contributed by atoms with Crippen molar-refractivity contribution in [2.24, 2.45) is 0 Å². The lowest BCUT2D eigenvalue weighted by molar-refractivity contribution is 0.317. The highest BCUT2D eigenvalue weighted by molar-refractivity contribution is 7.11. The number of nitrogens with one attached hydrogen (secondary N) is 1. The van der Waals surface area contributed by atoms with Crippen LogP contribution in [0.5, 0.6) is 11.5 Å². The number of aromatic nitrogens is 3. The molecular formula is C21H26N4O2S. The van der Waals surface area contributed by atoms with Crippen LogP contribution in [0.15, 0.2) is 36.5 Å². The Balaban J connectivity index is 1.26. The summed E-state index contributed by atoms with van der Waals surface area (Å²) in [6, 6.07) is 9.88. The van der Waals surface area contributed by atoms with Crippen LogP contribution in [-0.2, 0) is 13.0 Å². The standard InChI is InChI=1S/C21H26N4O2S/c1-15-22-12-20(28-15)14-25-8-6-16(13-25)21-10-17(23-24-21)7-9-27-19-5-3-4-18(11-19)26-2/h3-5,10-12,16H,6-9,13-14H2,1-2H3,(H,23,24)/t16-/m1/s1. The van der Waals surface area contributed by atoms with Crippen LogP contribution >= 0.6 is 11.3 Å². The van der Waals surface area contributed by atoms with E-state index in [1.54, 1.807) is 18.4 Å². The molecular weight excluding hydrogens is 372 g/mol. The van der Waals surface area contributed by atoms with Gasteiger partial charge in [-0.25, -0.2) is 4.98 Å². The molecule has 0 saturated carbocycles. The van der Waals surface area contributed by atoms with E-state index in [2.05, 4.69) is 33.1 Å². The van der Waals surface area contributed by atoms with Crippen molar-refractivity contribution in [1.82, 2.24) is 20.1 Å². The van der Waals surface area contributed by atoms with Crippen LogP contribution in [0.25, 0.3) is 0 Å². The molecule has 1 atom stereocenters. The lowest BCUT2D eigenvalue weighted by Gasteiger charge is -2.13. The van der Waals surface area contributed by atoms with Crippen molar-refractivity contribution in [3.05, 3.63) is 57.8 Å². The molecule has 1 saturated heterocycles. The van der Waals surface area contributed by atoms with Crippen LogP contribution < -0.4 is 9.47 Å². The van der Waals surface area contributed by atoms with Crippen LogP contribution in [0.2, 0.25) is 0 Å². The molecule has 0 radical (unpaired) electrons. The highest BCUT2D eigenvalue weighted by atomic mass is 32.1. The summed E-state index contributed by atoms with van der Waals surface area (Å²) in [7, 11) is 1.66. The van der Waals surface area contributed by atoms with Gasteiger partial charge in [0.25, 0.3) is 0 Å². The molecule has 1 aliphatic heterocycles. The number of hydrogen-bond donors (Lipinski definition) is 1. The fourth-order valence-electron chi connectivity index (χ4n) is 3.60. The molecule has 3 aromatic rings.